The predicted octanol–water partition coefficient (Wildman–Crippen LogP) is 3.74. The fourth-order valence-electron chi connectivity index (χ4n) is 2.82. The van der Waals surface area contributed by atoms with E-state index in [2.05, 4.69) is 4.98 Å². The Labute approximate surface area is 172 Å². The van der Waals surface area contributed by atoms with Gasteiger partial charge in [-0.05, 0) is 55.8 Å². The van der Waals surface area contributed by atoms with Gasteiger partial charge in [0.25, 0.3) is 5.91 Å². The van der Waals surface area contributed by atoms with Gasteiger partial charge in [0.2, 0.25) is 10.0 Å². The second-order valence-corrected chi connectivity index (χ2v) is 9.21. The molecule has 6 nitrogen and oxygen atoms in total. The maximum atomic E-state index is 13.1. The molecule has 0 bridgehead atoms. The highest BCUT2D eigenvalue weighted by Crippen LogP contribution is 2.31. The molecule has 1 unspecified atom stereocenters. The lowest BCUT2D eigenvalue weighted by Gasteiger charge is -2.25. The summed E-state index contributed by atoms with van der Waals surface area (Å²) in [6.45, 7) is 3.55. The van der Waals surface area contributed by atoms with E-state index in [1.165, 1.54) is 40.5 Å². The third kappa shape index (κ3) is 4.52. The van der Waals surface area contributed by atoms with E-state index >= 15 is 0 Å². The summed E-state index contributed by atoms with van der Waals surface area (Å²) >= 11 is 1.23. The van der Waals surface area contributed by atoms with E-state index < -0.39 is 10.0 Å². The maximum Gasteiger partial charge on any atom is 0.266 e. The van der Waals surface area contributed by atoms with Gasteiger partial charge in [0.15, 0.2) is 0 Å². The average molecular weight is 434 g/mol. The summed E-state index contributed by atoms with van der Waals surface area (Å²) in [7, 11) is -2.19. The van der Waals surface area contributed by atoms with Crippen LogP contribution in [-0.2, 0) is 10.0 Å². The fraction of sp³-hybridized carbons (Fsp3) is 0.200. The topological polar surface area (TPSA) is 93.4 Å². The molecular weight excluding hydrogens is 413 g/mol. The number of rotatable bonds is 5. The third-order valence-corrected chi connectivity index (χ3v) is 6.76. The number of aromatic nitrogens is 1. The molecular formula is C20H20FN3O3S2. The smallest absolute Gasteiger partial charge is 0.266 e. The van der Waals surface area contributed by atoms with E-state index in [9.17, 15) is 17.6 Å². The second kappa shape index (κ2) is 8.02. The number of nitrogens with zero attached hydrogens (tertiary/aromatic N) is 2. The van der Waals surface area contributed by atoms with E-state index in [0.717, 1.165) is 5.56 Å². The van der Waals surface area contributed by atoms with Crippen molar-refractivity contribution in [1.82, 2.24) is 9.88 Å². The minimum atomic E-state index is -3.83. The van der Waals surface area contributed by atoms with Crippen LogP contribution in [0.4, 0.5) is 4.39 Å². The molecule has 0 aliphatic rings. The molecule has 3 aromatic rings. The number of hydrogen-bond acceptors (Lipinski definition) is 5. The summed E-state index contributed by atoms with van der Waals surface area (Å²) in [4.78, 5) is 19.5. The lowest BCUT2D eigenvalue weighted by Crippen LogP contribution is -2.29. The van der Waals surface area contributed by atoms with E-state index in [1.807, 2.05) is 0 Å². The Morgan fingerprint density at radius 3 is 2.48 bits per heavy atom. The van der Waals surface area contributed by atoms with Gasteiger partial charge in [-0.3, -0.25) is 4.79 Å². The van der Waals surface area contributed by atoms with Gasteiger partial charge < -0.3 is 4.90 Å². The molecule has 2 aromatic carbocycles. The number of hydrogen-bond donors (Lipinski definition) is 1. The van der Waals surface area contributed by atoms with Gasteiger partial charge in [-0.1, -0.05) is 12.1 Å². The number of carbonyl (C=O) groups excluding carboxylic acids is 1. The minimum Gasteiger partial charge on any atom is -0.334 e. The highest BCUT2D eigenvalue weighted by molar-refractivity contribution is 7.89. The van der Waals surface area contributed by atoms with Crippen molar-refractivity contribution in [3.63, 3.8) is 0 Å². The number of carbonyl (C=O) groups is 1. The van der Waals surface area contributed by atoms with Gasteiger partial charge in [0.05, 0.1) is 16.6 Å². The molecule has 3 rings (SSSR count). The molecule has 0 aliphatic heterocycles. The van der Waals surface area contributed by atoms with Crippen molar-refractivity contribution in [2.75, 3.05) is 7.05 Å². The van der Waals surface area contributed by atoms with Crippen molar-refractivity contribution >= 4 is 27.3 Å². The molecule has 29 heavy (non-hydrogen) atoms. The summed E-state index contributed by atoms with van der Waals surface area (Å²) in [5, 5.41) is 5.83. The zero-order valence-electron chi connectivity index (χ0n) is 16.1. The first-order valence-corrected chi connectivity index (χ1v) is 11.1. The molecule has 1 heterocycles. The molecule has 1 amide bonds. The molecule has 0 aliphatic carbocycles. The number of sulfonamides is 1. The fourth-order valence-corrected chi connectivity index (χ4v) is 4.44. The highest BCUT2D eigenvalue weighted by Gasteiger charge is 2.24. The molecule has 152 valence electrons. The number of nitrogens with two attached hydrogens (primary N) is 1. The Bertz CT molecular complexity index is 1160. The molecule has 1 atom stereocenters. The van der Waals surface area contributed by atoms with Gasteiger partial charge in [0.1, 0.15) is 15.7 Å². The molecule has 2 N–H and O–H groups in total. The normalized spacial score (nSPS) is 12.6. The highest BCUT2D eigenvalue weighted by atomic mass is 32.2. The summed E-state index contributed by atoms with van der Waals surface area (Å²) in [5.41, 5.74) is 1.96. The van der Waals surface area contributed by atoms with Crippen LogP contribution in [0.25, 0.3) is 10.6 Å². The van der Waals surface area contributed by atoms with Crippen molar-refractivity contribution in [2.45, 2.75) is 24.8 Å². The van der Waals surface area contributed by atoms with Crippen LogP contribution in [0, 0.1) is 12.7 Å². The van der Waals surface area contributed by atoms with Gasteiger partial charge in [-0.25, -0.2) is 22.9 Å². The largest absolute Gasteiger partial charge is 0.334 e. The SMILES string of the molecule is Cc1nc(-c2ccc(F)cc2)sc1C(=O)N(C)C(C)c1cccc(S(N)(=O)=O)c1. The van der Waals surface area contributed by atoms with E-state index in [4.69, 9.17) is 5.14 Å². The van der Waals surface area contributed by atoms with E-state index in [0.29, 0.717) is 21.1 Å². The lowest BCUT2D eigenvalue weighted by atomic mass is 10.1. The van der Waals surface area contributed by atoms with Gasteiger partial charge >= 0.3 is 0 Å². The van der Waals surface area contributed by atoms with Crippen LogP contribution in [0.15, 0.2) is 53.4 Å². The van der Waals surface area contributed by atoms with Crippen LogP contribution in [0.1, 0.15) is 33.9 Å². The van der Waals surface area contributed by atoms with Crippen molar-refractivity contribution < 1.29 is 17.6 Å². The number of thiazole rings is 1. The van der Waals surface area contributed by atoms with Crippen LogP contribution in [0.2, 0.25) is 0 Å². The molecule has 0 radical (unpaired) electrons. The predicted molar refractivity (Wildman–Crippen MR) is 111 cm³/mol. The van der Waals surface area contributed by atoms with Crippen molar-refractivity contribution in [2.24, 2.45) is 5.14 Å². The van der Waals surface area contributed by atoms with E-state index in [-0.39, 0.29) is 22.7 Å². The van der Waals surface area contributed by atoms with Crippen LogP contribution < -0.4 is 5.14 Å². The van der Waals surface area contributed by atoms with Crippen molar-refractivity contribution in [3.8, 4) is 10.6 Å². The summed E-state index contributed by atoms with van der Waals surface area (Å²) in [6.07, 6.45) is 0. The summed E-state index contributed by atoms with van der Waals surface area (Å²) in [5.74, 6) is -0.574. The number of amides is 1. The standard InChI is InChI=1S/C20H20FN3O3S2/c1-12-18(28-19(23-12)14-7-9-16(21)10-8-14)20(25)24(3)13(2)15-5-4-6-17(11-15)29(22,26)27/h4-11,13H,1-3H3,(H2,22,26,27). The van der Waals surface area contributed by atoms with Crippen LogP contribution in [0.5, 0.6) is 0 Å². The first kappa shape index (κ1) is 21.1. The zero-order chi connectivity index (χ0) is 21.3. The molecule has 1 aromatic heterocycles. The Morgan fingerprint density at radius 2 is 1.86 bits per heavy atom. The Hall–Kier alpha value is -2.62. The number of primary sulfonamides is 1. The minimum absolute atomic E-state index is 0.00438. The summed E-state index contributed by atoms with van der Waals surface area (Å²) < 4.78 is 36.4. The molecule has 0 saturated heterocycles. The molecule has 0 saturated carbocycles. The zero-order valence-corrected chi connectivity index (χ0v) is 17.7. The van der Waals surface area contributed by atoms with E-state index in [1.54, 1.807) is 45.2 Å². The molecule has 0 fully saturated rings. The Balaban J connectivity index is 1.88. The Kier molecular flexibility index (Phi) is 5.83. The van der Waals surface area contributed by atoms with Crippen LogP contribution in [0.3, 0.4) is 0 Å². The van der Waals surface area contributed by atoms with Crippen molar-refractivity contribution in [3.05, 3.63) is 70.5 Å². The van der Waals surface area contributed by atoms with Gasteiger partial charge in [-0.15, -0.1) is 11.3 Å². The van der Waals surface area contributed by atoms with Crippen LogP contribution in [-0.4, -0.2) is 31.3 Å². The Morgan fingerprint density at radius 1 is 1.21 bits per heavy atom. The average Bonchev–Trinajstić information content (AvgIpc) is 3.08. The number of halogens is 1. The first-order valence-electron chi connectivity index (χ1n) is 8.71. The third-order valence-electron chi connectivity index (χ3n) is 4.65. The monoisotopic (exact) mass is 433 g/mol. The quantitative estimate of drug-likeness (QED) is 0.663. The molecule has 9 heteroatoms. The second-order valence-electron chi connectivity index (χ2n) is 6.65. The maximum absolute atomic E-state index is 13.1. The lowest BCUT2D eigenvalue weighted by molar-refractivity contribution is 0.0746. The molecule has 0 spiro atoms. The van der Waals surface area contributed by atoms with Gasteiger partial charge in [-0.2, -0.15) is 0 Å². The number of aryl methyl sites for hydroxylation is 1. The number of benzene rings is 2. The summed E-state index contributed by atoms with van der Waals surface area (Å²) in [6, 6.07) is 11.8. The van der Waals surface area contributed by atoms with Crippen molar-refractivity contribution in [1.29, 1.82) is 0 Å². The van der Waals surface area contributed by atoms with Crippen LogP contribution >= 0.6 is 11.3 Å². The van der Waals surface area contributed by atoms with Gasteiger partial charge in [0, 0.05) is 12.6 Å². The first-order chi connectivity index (χ1) is 13.6.